The van der Waals surface area contributed by atoms with E-state index in [1.54, 1.807) is 17.0 Å². The third-order valence-corrected chi connectivity index (χ3v) is 4.78. The summed E-state index contributed by atoms with van der Waals surface area (Å²) in [6.45, 7) is 4.29. The third kappa shape index (κ3) is 4.53. The smallest absolute Gasteiger partial charge is 0.260 e. The average Bonchev–Trinajstić information content (AvgIpc) is 2.75. The summed E-state index contributed by atoms with van der Waals surface area (Å²) in [5.41, 5.74) is 1.11. The first-order valence-corrected chi connectivity index (χ1v) is 9.58. The highest BCUT2D eigenvalue weighted by molar-refractivity contribution is 5.82. The number of hydrogen-bond donors (Lipinski definition) is 1. The second-order valence-electron chi connectivity index (χ2n) is 6.70. The van der Waals surface area contributed by atoms with Crippen LogP contribution in [0.3, 0.4) is 0 Å². The molecule has 0 atom stereocenters. The lowest BCUT2D eigenvalue weighted by Gasteiger charge is -2.21. The van der Waals surface area contributed by atoms with Crippen LogP contribution < -0.4 is 19.8 Å². The van der Waals surface area contributed by atoms with Crippen LogP contribution in [0.4, 0.5) is 0 Å². The fourth-order valence-electron chi connectivity index (χ4n) is 3.10. The molecule has 0 spiro atoms. The fourth-order valence-corrected chi connectivity index (χ4v) is 3.10. The molecule has 0 bridgehead atoms. The molecule has 0 radical (unpaired) electrons. The highest BCUT2D eigenvalue weighted by Gasteiger charge is 2.17. The van der Waals surface area contributed by atoms with Crippen LogP contribution in [-0.2, 0) is 11.3 Å². The summed E-state index contributed by atoms with van der Waals surface area (Å²) in [4.78, 5) is 34.0. The average molecular weight is 411 g/mol. The van der Waals surface area contributed by atoms with E-state index in [4.69, 9.17) is 14.2 Å². The second kappa shape index (κ2) is 9.30. The molecule has 1 N–H and O–H groups in total. The van der Waals surface area contributed by atoms with Gasteiger partial charge in [-0.1, -0.05) is 18.2 Å². The minimum Gasteiger partial charge on any atom is -0.493 e. The molecule has 158 valence electrons. The number of benzene rings is 2. The van der Waals surface area contributed by atoms with Crippen molar-refractivity contribution in [2.24, 2.45) is 0 Å². The lowest BCUT2D eigenvalue weighted by molar-refractivity contribution is -0.133. The molecule has 0 saturated heterocycles. The summed E-state index contributed by atoms with van der Waals surface area (Å²) in [5.74, 6) is 1.77. The summed E-state index contributed by atoms with van der Waals surface area (Å²) in [6, 6.07) is 10.7. The zero-order valence-corrected chi connectivity index (χ0v) is 17.5. The van der Waals surface area contributed by atoms with Crippen LogP contribution in [0.25, 0.3) is 10.9 Å². The predicted molar refractivity (Wildman–Crippen MR) is 113 cm³/mol. The quantitative estimate of drug-likeness (QED) is 0.613. The Bertz CT molecular complexity index is 1110. The number of aryl methyl sites for hydroxylation is 1. The van der Waals surface area contributed by atoms with Gasteiger partial charge in [0, 0.05) is 12.6 Å². The number of likely N-dealkylation sites (N-methyl/N-ethyl adjacent to an activating group) is 1. The molecule has 0 aliphatic rings. The van der Waals surface area contributed by atoms with E-state index in [1.165, 1.54) is 14.2 Å². The van der Waals surface area contributed by atoms with E-state index in [-0.39, 0.29) is 24.6 Å². The van der Waals surface area contributed by atoms with E-state index in [1.807, 2.05) is 38.1 Å². The SMILES string of the molecule is CCN(Cc1nc2cc(OC)c(OC)cc2c(=O)[nH]1)C(=O)COc1ccccc1C. The number of nitrogens with zero attached hydrogens (tertiary/aromatic N) is 2. The monoisotopic (exact) mass is 411 g/mol. The molecule has 2 aromatic carbocycles. The van der Waals surface area contributed by atoms with Crippen molar-refractivity contribution in [3.63, 3.8) is 0 Å². The molecular weight excluding hydrogens is 386 g/mol. The Kier molecular flexibility index (Phi) is 6.56. The summed E-state index contributed by atoms with van der Waals surface area (Å²) in [6.07, 6.45) is 0. The van der Waals surface area contributed by atoms with Crippen molar-refractivity contribution in [3.05, 3.63) is 58.1 Å². The van der Waals surface area contributed by atoms with E-state index >= 15 is 0 Å². The van der Waals surface area contributed by atoms with Crippen LogP contribution in [0, 0.1) is 6.92 Å². The zero-order chi connectivity index (χ0) is 21.7. The lowest BCUT2D eigenvalue weighted by atomic mass is 10.2. The van der Waals surface area contributed by atoms with Crippen LogP contribution in [-0.4, -0.2) is 48.1 Å². The molecular formula is C22H25N3O5. The van der Waals surface area contributed by atoms with Gasteiger partial charge in [0.25, 0.3) is 11.5 Å². The minimum absolute atomic E-state index is 0.0957. The number of rotatable bonds is 8. The number of H-pyrrole nitrogens is 1. The zero-order valence-electron chi connectivity index (χ0n) is 17.5. The molecule has 0 aliphatic heterocycles. The maximum Gasteiger partial charge on any atom is 0.260 e. The second-order valence-corrected chi connectivity index (χ2v) is 6.70. The van der Waals surface area contributed by atoms with Gasteiger partial charge in [0.15, 0.2) is 18.1 Å². The van der Waals surface area contributed by atoms with Gasteiger partial charge in [-0.3, -0.25) is 9.59 Å². The Labute approximate surface area is 174 Å². The predicted octanol–water partition coefficient (Wildman–Crippen LogP) is 2.68. The molecule has 3 rings (SSSR count). The Hall–Kier alpha value is -3.55. The molecule has 0 saturated carbocycles. The molecule has 8 heteroatoms. The number of ether oxygens (including phenoxy) is 3. The van der Waals surface area contributed by atoms with Crippen LogP contribution >= 0.6 is 0 Å². The largest absolute Gasteiger partial charge is 0.493 e. The summed E-state index contributed by atoms with van der Waals surface area (Å²) in [5, 5.41) is 0.383. The Morgan fingerprint density at radius 3 is 2.47 bits per heavy atom. The number of hydrogen-bond acceptors (Lipinski definition) is 6. The molecule has 0 aliphatic carbocycles. The minimum atomic E-state index is -0.310. The van der Waals surface area contributed by atoms with E-state index in [0.717, 1.165) is 5.56 Å². The summed E-state index contributed by atoms with van der Waals surface area (Å²) < 4.78 is 16.2. The normalized spacial score (nSPS) is 10.7. The van der Waals surface area contributed by atoms with Gasteiger partial charge in [0.2, 0.25) is 0 Å². The maximum atomic E-state index is 12.6. The van der Waals surface area contributed by atoms with Gasteiger partial charge in [0.1, 0.15) is 11.6 Å². The maximum absolute atomic E-state index is 12.6. The number of carbonyl (C=O) groups is 1. The molecule has 0 unspecified atom stereocenters. The molecule has 1 aromatic heterocycles. The number of carbonyl (C=O) groups excluding carboxylic acids is 1. The van der Waals surface area contributed by atoms with Crippen molar-refractivity contribution >= 4 is 16.8 Å². The van der Waals surface area contributed by atoms with Crippen LogP contribution in [0.2, 0.25) is 0 Å². The van der Waals surface area contributed by atoms with Crippen LogP contribution in [0.15, 0.2) is 41.2 Å². The highest BCUT2D eigenvalue weighted by atomic mass is 16.5. The highest BCUT2D eigenvalue weighted by Crippen LogP contribution is 2.30. The Morgan fingerprint density at radius 2 is 1.80 bits per heavy atom. The first kappa shape index (κ1) is 21.2. The number of para-hydroxylation sites is 1. The van der Waals surface area contributed by atoms with E-state index in [2.05, 4.69) is 9.97 Å². The van der Waals surface area contributed by atoms with Gasteiger partial charge >= 0.3 is 0 Å². The Balaban J connectivity index is 1.79. The van der Waals surface area contributed by atoms with Crippen molar-refractivity contribution in [3.8, 4) is 17.2 Å². The van der Waals surface area contributed by atoms with Crippen molar-refractivity contribution in [2.75, 3.05) is 27.4 Å². The topological polar surface area (TPSA) is 93.8 Å². The van der Waals surface area contributed by atoms with Crippen LogP contribution in [0.5, 0.6) is 17.2 Å². The van der Waals surface area contributed by atoms with Crippen LogP contribution in [0.1, 0.15) is 18.3 Å². The van der Waals surface area contributed by atoms with Crippen molar-refractivity contribution in [1.29, 1.82) is 0 Å². The first-order valence-electron chi connectivity index (χ1n) is 9.58. The van der Waals surface area contributed by atoms with Gasteiger partial charge in [-0.15, -0.1) is 0 Å². The van der Waals surface area contributed by atoms with Crippen molar-refractivity contribution in [1.82, 2.24) is 14.9 Å². The van der Waals surface area contributed by atoms with Gasteiger partial charge in [-0.05, 0) is 31.5 Å². The first-order chi connectivity index (χ1) is 14.5. The molecule has 1 heterocycles. The summed E-state index contributed by atoms with van der Waals surface area (Å²) in [7, 11) is 3.02. The van der Waals surface area contributed by atoms with Gasteiger partial charge < -0.3 is 24.1 Å². The number of amides is 1. The van der Waals surface area contributed by atoms with E-state index < -0.39 is 0 Å². The molecule has 1 amide bonds. The third-order valence-electron chi connectivity index (χ3n) is 4.78. The summed E-state index contributed by atoms with van der Waals surface area (Å²) >= 11 is 0. The van der Waals surface area contributed by atoms with Gasteiger partial charge in [-0.2, -0.15) is 0 Å². The molecule has 8 nitrogen and oxygen atoms in total. The molecule has 0 fully saturated rings. The molecule has 30 heavy (non-hydrogen) atoms. The van der Waals surface area contributed by atoms with Gasteiger partial charge in [-0.25, -0.2) is 4.98 Å². The number of fused-ring (bicyclic) bond motifs is 1. The number of aromatic amines is 1. The van der Waals surface area contributed by atoms with Crippen molar-refractivity contribution < 1.29 is 19.0 Å². The van der Waals surface area contributed by atoms with Gasteiger partial charge in [0.05, 0.1) is 31.7 Å². The number of nitrogens with one attached hydrogen (secondary N) is 1. The van der Waals surface area contributed by atoms with E-state index in [0.29, 0.717) is 40.5 Å². The molecule has 3 aromatic rings. The van der Waals surface area contributed by atoms with Crippen molar-refractivity contribution in [2.45, 2.75) is 20.4 Å². The number of methoxy groups -OCH3 is 2. The fraction of sp³-hybridized carbons (Fsp3) is 0.318. The lowest BCUT2D eigenvalue weighted by Crippen LogP contribution is -2.35. The standard InChI is InChI=1S/C22H25N3O5/c1-5-25(21(26)13-30-17-9-7-6-8-14(17)2)12-20-23-16-11-19(29-4)18(28-3)10-15(16)22(27)24-20/h6-11H,5,12-13H2,1-4H3,(H,23,24,27). The van der Waals surface area contributed by atoms with E-state index in [9.17, 15) is 9.59 Å². The Morgan fingerprint density at radius 1 is 1.10 bits per heavy atom. The number of aromatic nitrogens is 2.